The van der Waals surface area contributed by atoms with Crippen LogP contribution in [0.25, 0.3) is 65.9 Å². The first-order valence-electron chi connectivity index (χ1n) is 15.8. The molecule has 0 saturated carbocycles. The van der Waals surface area contributed by atoms with Crippen LogP contribution >= 0.6 is 46.5 Å². The van der Waals surface area contributed by atoms with E-state index in [2.05, 4.69) is 95.8 Å². The molecule has 21 heteroatoms. The summed E-state index contributed by atoms with van der Waals surface area (Å²) >= 11 is 6.76. The zero-order valence-electron chi connectivity index (χ0n) is 27.5. The Hall–Kier alpha value is -5.08. The molecule has 0 unspecified atom stereocenters. The van der Waals surface area contributed by atoms with Crippen molar-refractivity contribution in [2.75, 3.05) is 0 Å². The van der Waals surface area contributed by atoms with Gasteiger partial charge in [-0.1, -0.05) is 36.4 Å². The molecule has 2 aliphatic rings. The van der Waals surface area contributed by atoms with Crippen LogP contribution in [0.4, 0.5) is 22.7 Å². The van der Waals surface area contributed by atoms with Crippen LogP contribution in [0.5, 0.6) is 0 Å². The molecule has 2 aliphatic heterocycles. The van der Waals surface area contributed by atoms with Crippen LogP contribution in [0.15, 0.2) is 125 Å². The Morgan fingerprint density at radius 2 is 0.855 bits per heavy atom. The Bertz CT molecular complexity index is 2890. The van der Waals surface area contributed by atoms with Crippen molar-refractivity contribution in [1.29, 1.82) is 0 Å². The van der Waals surface area contributed by atoms with E-state index < -0.39 is 0 Å². The molecular weight excluding hydrogens is 923 g/mol. The Balaban J connectivity index is 0.0000000909. The standard InChI is InChI=1S/C8H4N4S.C8H6S.C6H2N4S2.C6H2N4Se2.C6H4N2S/c1-2-10-6-4-8-7(11-13-12-8)3-5(6)9-1;1-2-4-8-6-9-5-7(8)3-1;2*1-3-5(9-11-7-3)2-6-4(1)8-12-10-6;1-2-4-6-5(3-1)7-9-8-6/h1-4H;1-6H;2*1-2H;1-4H. The van der Waals surface area contributed by atoms with E-state index in [1.54, 1.807) is 23.7 Å². The SMILES string of the molecule is c1c2c(cc3n[se]nc13)N=[Se]=N2.c1c2c(cc3nsnc13)N=S=N2.c1ccc2cscc2c1.c1ccc2nsnc2c1.c1cnc2cc3nsnc3cc2n1. The third kappa shape index (κ3) is 8.30. The fourth-order valence-electron chi connectivity index (χ4n) is 5.00. The van der Waals surface area contributed by atoms with Gasteiger partial charge in [0, 0.05) is 12.4 Å². The molecule has 0 fully saturated rings. The predicted molar refractivity (Wildman–Crippen MR) is 225 cm³/mol. The second kappa shape index (κ2) is 16.7. The summed E-state index contributed by atoms with van der Waals surface area (Å²) in [7, 11) is 0. The van der Waals surface area contributed by atoms with Crippen molar-refractivity contribution in [2.45, 2.75) is 0 Å². The van der Waals surface area contributed by atoms with Crippen LogP contribution in [0.3, 0.4) is 0 Å². The van der Waals surface area contributed by atoms with Gasteiger partial charge in [0.05, 0.1) is 57.6 Å². The summed E-state index contributed by atoms with van der Waals surface area (Å²) < 4.78 is 49.9. The van der Waals surface area contributed by atoms with E-state index in [0.717, 1.165) is 77.9 Å². The van der Waals surface area contributed by atoms with Gasteiger partial charge in [-0.25, -0.2) is 0 Å². The molecule has 0 N–H and O–H groups in total. The fraction of sp³-hybridized carbons (Fsp3) is 0. The normalized spacial score (nSPS) is 11.8. The molecule has 13 rings (SSSR count). The van der Waals surface area contributed by atoms with Crippen molar-refractivity contribution in [1.82, 2.24) is 44.2 Å². The van der Waals surface area contributed by atoms with Crippen LogP contribution in [0.1, 0.15) is 0 Å². The zero-order chi connectivity index (χ0) is 36.8. The fourth-order valence-corrected chi connectivity index (χ4v) is 9.99. The topological polar surface area (TPSA) is 178 Å². The molecule has 0 saturated heterocycles. The van der Waals surface area contributed by atoms with Crippen LogP contribution in [-0.2, 0) is 11.4 Å². The average molecular weight is 941 g/mol. The van der Waals surface area contributed by atoms with Crippen molar-refractivity contribution in [3.63, 3.8) is 0 Å². The van der Waals surface area contributed by atoms with Gasteiger partial charge in [-0.05, 0) is 57.9 Å². The summed E-state index contributed by atoms with van der Waals surface area (Å²) in [5.74, 6) is 0. The second-order valence-corrected chi connectivity index (χ2v) is 16.2. The Morgan fingerprint density at radius 3 is 1.36 bits per heavy atom. The zero-order valence-corrected chi connectivity index (χ0v) is 35.0. The third-order valence-corrected chi connectivity index (χ3v) is 13.0. The van der Waals surface area contributed by atoms with Crippen LogP contribution in [0.2, 0.25) is 0 Å². The smallest absolute Gasteiger partial charge is 0.107 e. The van der Waals surface area contributed by atoms with Gasteiger partial charge in [-0.15, -0.1) is 0 Å². The van der Waals surface area contributed by atoms with Gasteiger partial charge >= 0.3 is 80.0 Å². The number of aromatic nitrogens is 10. The maximum Gasteiger partial charge on any atom is 0.107 e. The summed E-state index contributed by atoms with van der Waals surface area (Å²) in [5.41, 5.74) is 13.1. The molecule has 5 aromatic carbocycles. The molecule has 0 amide bonds. The van der Waals surface area contributed by atoms with E-state index in [0.29, 0.717) is 0 Å². The van der Waals surface area contributed by atoms with Crippen LogP contribution in [0, 0.1) is 0 Å². The average Bonchev–Trinajstić information content (AvgIpc) is 4.08. The van der Waals surface area contributed by atoms with Gasteiger partial charge in [-0.3, -0.25) is 9.97 Å². The van der Waals surface area contributed by atoms with Gasteiger partial charge in [0.2, 0.25) is 0 Å². The van der Waals surface area contributed by atoms with E-state index in [-0.39, 0.29) is 29.5 Å². The monoisotopic (exact) mass is 942 g/mol. The largest absolute Gasteiger partial charge is 0.253 e. The molecule has 8 heterocycles. The summed E-state index contributed by atoms with van der Waals surface area (Å²) in [6, 6.07) is 27.8. The number of hydrogen-bond donors (Lipinski definition) is 0. The Morgan fingerprint density at radius 1 is 0.418 bits per heavy atom. The van der Waals surface area contributed by atoms with Gasteiger partial charge in [0.15, 0.2) is 0 Å². The maximum absolute atomic E-state index is 4.28. The number of thiophene rings is 1. The minimum Gasteiger partial charge on any atom is -0.253 e. The van der Waals surface area contributed by atoms with E-state index in [1.807, 2.05) is 60.7 Å². The van der Waals surface area contributed by atoms with Crippen molar-refractivity contribution in [3.05, 3.63) is 108 Å². The first kappa shape index (κ1) is 35.6. The third-order valence-electron chi connectivity index (χ3n) is 7.65. The molecule has 0 atom stereocenters. The molecule has 11 aromatic rings. The summed E-state index contributed by atoms with van der Waals surface area (Å²) in [5, 5.41) is 7.02. The van der Waals surface area contributed by atoms with Crippen molar-refractivity contribution in [2.24, 2.45) is 16.7 Å². The number of nitrogens with zero attached hydrogens (tertiary/aromatic N) is 14. The maximum atomic E-state index is 4.28. The first-order valence-corrected chi connectivity index (χ1v) is 22.8. The number of rotatable bonds is 0. The van der Waals surface area contributed by atoms with E-state index >= 15 is 0 Å². The van der Waals surface area contributed by atoms with Crippen LogP contribution < -0.4 is 0 Å². The molecule has 14 nitrogen and oxygen atoms in total. The minimum atomic E-state index is 0.0581. The molecule has 266 valence electrons. The molecule has 0 aliphatic carbocycles. The number of hydrogen-bond acceptors (Lipinski definition) is 18. The second-order valence-electron chi connectivity index (χ2n) is 11.1. The van der Waals surface area contributed by atoms with Crippen LogP contribution in [-0.4, -0.2) is 73.7 Å². The Kier molecular flexibility index (Phi) is 10.8. The minimum absolute atomic E-state index is 0.0581. The molecule has 0 spiro atoms. The summed E-state index contributed by atoms with van der Waals surface area (Å²) in [6.45, 7) is 0. The van der Waals surface area contributed by atoms with Gasteiger partial charge in [0.25, 0.3) is 0 Å². The predicted octanol–water partition coefficient (Wildman–Crippen LogP) is 9.68. The molecule has 0 radical (unpaired) electrons. The molecule has 55 heavy (non-hydrogen) atoms. The quantitative estimate of drug-likeness (QED) is 0.133. The molecule has 0 bridgehead atoms. The van der Waals surface area contributed by atoms with Crippen molar-refractivity contribution >= 4 is 176 Å². The van der Waals surface area contributed by atoms with Crippen molar-refractivity contribution < 1.29 is 0 Å². The van der Waals surface area contributed by atoms with Gasteiger partial charge < -0.3 is 0 Å². The number of fused-ring (bicyclic) bond motifs is 8. The summed E-state index contributed by atoms with van der Waals surface area (Å²) in [4.78, 5) is 8.37. The Labute approximate surface area is 342 Å². The van der Waals surface area contributed by atoms with E-state index in [1.165, 1.54) is 57.3 Å². The first-order chi connectivity index (χ1) is 27.2. The summed E-state index contributed by atoms with van der Waals surface area (Å²) in [6.07, 6.45) is 3.35. The van der Waals surface area contributed by atoms with Gasteiger partial charge in [0.1, 0.15) is 44.5 Å². The van der Waals surface area contributed by atoms with Crippen molar-refractivity contribution in [3.8, 4) is 0 Å². The molecule has 6 aromatic heterocycles. The number of benzene rings is 5. The van der Waals surface area contributed by atoms with Gasteiger partial charge in [-0.2, -0.15) is 46.3 Å². The van der Waals surface area contributed by atoms with E-state index in [9.17, 15) is 0 Å². The van der Waals surface area contributed by atoms with E-state index in [4.69, 9.17) is 0 Å². The molecular formula is C34H18N14S5Se2.